The molecule has 0 spiro atoms. The monoisotopic (exact) mass is 340 g/mol. The number of nitrogens with two attached hydrogens (primary N) is 1. The van der Waals surface area contributed by atoms with Gasteiger partial charge < -0.3 is 5.73 Å². The molecule has 0 aliphatic carbocycles. The summed E-state index contributed by atoms with van der Waals surface area (Å²) in [6.45, 7) is 0.620. The predicted octanol–water partition coefficient (Wildman–Crippen LogP) is 2.79. The minimum atomic E-state index is -0.468. The fourth-order valence-electron chi connectivity index (χ4n) is 2.53. The number of primary amides is 1. The molecule has 0 saturated heterocycles. The summed E-state index contributed by atoms with van der Waals surface area (Å²) in [4.78, 5) is 15.9. The molecule has 122 valence electrons. The Hall–Kier alpha value is -2.66. The summed E-state index contributed by atoms with van der Waals surface area (Å²) in [6.07, 6.45) is 5.84. The maximum absolute atomic E-state index is 11.9. The lowest BCUT2D eigenvalue weighted by Gasteiger charge is -2.11. The molecule has 6 heteroatoms. The lowest BCUT2D eigenvalue weighted by atomic mass is 9.96. The highest BCUT2D eigenvalue weighted by atomic mass is 35.5. The maximum atomic E-state index is 11.9. The highest BCUT2D eigenvalue weighted by Crippen LogP contribution is 2.21. The molecule has 5 nitrogen and oxygen atoms in total. The second-order valence-corrected chi connectivity index (χ2v) is 6.02. The van der Waals surface area contributed by atoms with Crippen molar-refractivity contribution < 1.29 is 4.79 Å². The van der Waals surface area contributed by atoms with E-state index in [1.807, 2.05) is 36.5 Å². The quantitative estimate of drug-likeness (QED) is 0.749. The molecule has 2 heterocycles. The van der Waals surface area contributed by atoms with Crippen LogP contribution in [0.15, 0.2) is 61.1 Å². The van der Waals surface area contributed by atoms with Crippen LogP contribution in [-0.2, 0) is 17.8 Å². The Morgan fingerprint density at radius 3 is 2.46 bits per heavy atom. The first kappa shape index (κ1) is 16.2. The summed E-state index contributed by atoms with van der Waals surface area (Å²) in [5, 5.41) is 5.17. The molecule has 0 aliphatic heterocycles. The number of hydrogen-bond acceptors (Lipinski definition) is 3. The van der Waals surface area contributed by atoms with Gasteiger partial charge in [0.05, 0.1) is 18.2 Å². The molecule has 0 bridgehead atoms. The molecule has 1 aromatic carbocycles. The van der Waals surface area contributed by atoms with Crippen molar-refractivity contribution in [3.05, 3.63) is 82.9 Å². The molecule has 1 amide bonds. The molecule has 24 heavy (non-hydrogen) atoms. The standard InChI is InChI=1S/C18H17ClN4O/c19-15-3-1-13(2-4-15)11-16(18(20)24)17-7-10-23(22-17)12-14-5-8-21-9-6-14/h1-10,16H,11-12H2,(H2,20,24). The molecular formula is C18H17ClN4O. The summed E-state index contributed by atoms with van der Waals surface area (Å²) in [6, 6.07) is 13.1. The zero-order valence-corrected chi connectivity index (χ0v) is 13.7. The fraction of sp³-hybridized carbons (Fsp3) is 0.167. The zero-order chi connectivity index (χ0) is 16.9. The maximum Gasteiger partial charge on any atom is 0.226 e. The second kappa shape index (κ2) is 7.27. The van der Waals surface area contributed by atoms with Gasteiger partial charge >= 0.3 is 0 Å². The van der Waals surface area contributed by atoms with Gasteiger partial charge in [-0.1, -0.05) is 23.7 Å². The van der Waals surface area contributed by atoms with Crippen molar-refractivity contribution in [3.8, 4) is 0 Å². The molecule has 3 aromatic rings. The minimum absolute atomic E-state index is 0.390. The Labute approximate surface area is 145 Å². The number of benzene rings is 1. The summed E-state index contributed by atoms with van der Waals surface area (Å²) in [7, 11) is 0. The highest BCUT2D eigenvalue weighted by Gasteiger charge is 2.21. The average Bonchev–Trinajstić information content (AvgIpc) is 3.03. The number of pyridine rings is 1. The van der Waals surface area contributed by atoms with Crippen molar-refractivity contribution in [2.45, 2.75) is 18.9 Å². The third-order valence-corrected chi connectivity index (χ3v) is 4.06. The number of halogens is 1. The van der Waals surface area contributed by atoms with Gasteiger partial charge in [-0.3, -0.25) is 14.5 Å². The van der Waals surface area contributed by atoms with E-state index in [-0.39, 0.29) is 5.91 Å². The van der Waals surface area contributed by atoms with Crippen LogP contribution in [0.25, 0.3) is 0 Å². The normalized spacial score (nSPS) is 12.0. The Morgan fingerprint density at radius 1 is 1.08 bits per heavy atom. The van der Waals surface area contributed by atoms with E-state index in [1.54, 1.807) is 29.2 Å². The van der Waals surface area contributed by atoms with E-state index in [0.717, 1.165) is 11.1 Å². The summed E-state index contributed by atoms with van der Waals surface area (Å²) >= 11 is 5.90. The minimum Gasteiger partial charge on any atom is -0.369 e. The third kappa shape index (κ3) is 4.00. The van der Waals surface area contributed by atoms with Crippen molar-refractivity contribution in [3.63, 3.8) is 0 Å². The SMILES string of the molecule is NC(=O)C(Cc1ccc(Cl)cc1)c1ccn(Cc2ccncc2)n1. The molecule has 3 rings (SSSR count). The smallest absolute Gasteiger partial charge is 0.226 e. The van der Waals surface area contributed by atoms with Crippen molar-refractivity contribution in [2.75, 3.05) is 0 Å². The first-order valence-corrected chi connectivity index (χ1v) is 7.95. The highest BCUT2D eigenvalue weighted by molar-refractivity contribution is 6.30. The fourth-order valence-corrected chi connectivity index (χ4v) is 2.66. The van der Waals surface area contributed by atoms with E-state index in [2.05, 4.69) is 10.1 Å². The molecule has 2 aromatic heterocycles. The Bertz CT molecular complexity index is 815. The van der Waals surface area contributed by atoms with E-state index < -0.39 is 5.92 Å². The van der Waals surface area contributed by atoms with Crippen molar-refractivity contribution in [2.24, 2.45) is 5.73 Å². The van der Waals surface area contributed by atoms with Gasteiger partial charge in [-0.2, -0.15) is 5.10 Å². The van der Waals surface area contributed by atoms with Gasteiger partial charge in [0.15, 0.2) is 0 Å². The van der Waals surface area contributed by atoms with Gasteiger partial charge in [0.25, 0.3) is 0 Å². The van der Waals surface area contributed by atoms with E-state index in [4.69, 9.17) is 17.3 Å². The number of aromatic nitrogens is 3. The van der Waals surface area contributed by atoms with Crippen LogP contribution in [0.4, 0.5) is 0 Å². The number of hydrogen-bond donors (Lipinski definition) is 1. The van der Waals surface area contributed by atoms with Gasteiger partial charge in [-0.15, -0.1) is 0 Å². The van der Waals surface area contributed by atoms with Crippen LogP contribution in [0.3, 0.4) is 0 Å². The summed E-state index contributed by atoms with van der Waals surface area (Å²) in [5.74, 6) is -0.857. The largest absolute Gasteiger partial charge is 0.369 e. The van der Waals surface area contributed by atoms with E-state index in [9.17, 15) is 4.79 Å². The Morgan fingerprint density at radius 2 is 1.79 bits per heavy atom. The number of amides is 1. The van der Waals surface area contributed by atoms with Gasteiger partial charge in [-0.25, -0.2) is 0 Å². The van der Waals surface area contributed by atoms with Crippen molar-refractivity contribution in [1.82, 2.24) is 14.8 Å². The van der Waals surface area contributed by atoms with Crippen LogP contribution in [0, 0.1) is 0 Å². The molecule has 1 atom stereocenters. The second-order valence-electron chi connectivity index (χ2n) is 5.58. The predicted molar refractivity (Wildman–Crippen MR) is 92.7 cm³/mol. The summed E-state index contributed by atoms with van der Waals surface area (Å²) < 4.78 is 1.79. The Balaban J connectivity index is 1.77. The summed E-state index contributed by atoms with van der Waals surface area (Å²) in [5.41, 5.74) is 8.34. The molecule has 0 radical (unpaired) electrons. The molecule has 0 aliphatic rings. The van der Waals surface area contributed by atoms with Crippen molar-refractivity contribution >= 4 is 17.5 Å². The van der Waals surface area contributed by atoms with Gasteiger partial charge in [0, 0.05) is 23.6 Å². The van der Waals surface area contributed by atoms with Crippen LogP contribution in [0.1, 0.15) is 22.7 Å². The van der Waals surface area contributed by atoms with Gasteiger partial charge in [0.1, 0.15) is 0 Å². The zero-order valence-electron chi connectivity index (χ0n) is 13.0. The van der Waals surface area contributed by atoms with Crippen LogP contribution in [-0.4, -0.2) is 20.7 Å². The number of carbonyl (C=O) groups is 1. The van der Waals surface area contributed by atoms with Gasteiger partial charge in [0.2, 0.25) is 5.91 Å². The van der Waals surface area contributed by atoms with Crippen LogP contribution in [0.5, 0.6) is 0 Å². The lowest BCUT2D eigenvalue weighted by molar-refractivity contribution is -0.119. The first-order chi connectivity index (χ1) is 11.6. The number of rotatable bonds is 6. The van der Waals surface area contributed by atoms with Crippen molar-refractivity contribution in [1.29, 1.82) is 0 Å². The average molecular weight is 341 g/mol. The molecule has 2 N–H and O–H groups in total. The van der Waals surface area contributed by atoms with Crippen LogP contribution in [0.2, 0.25) is 5.02 Å². The molecule has 1 unspecified atom stereocenters. The van der Waals surface area contributed by atoms with Crippen LogP contribution >= 0.6 is 11.6 Å². The van der Waals surface area contributed by atoms with Crippen LogP contribution < -0.4 is 5.73 Å². The van der Waals surface area contributed by atoms with E-state index in [0.29, 0.717) is 23.7 Å². The number of nitrogens with zero attached hydrogens (tertiary/aromatic N) is 3. The van der Waals surface area contributed by atoms with E-state index >= 15 is 0 Å². The lowest BCUT2D eigenvalue weighted by Crippen LogP contribution is -2.24. The number of carbonyl (C=O) groups excluding carboxylic acids is 1. The molecule has 0 fully saturated rings. The topological polar surface area (TPSA) is 73.8 Å². The first-order valence-electron chi connectivity index (χ1n) is 7.58. The molecular weight excluding hydrogens is 324 g/mol. The Kier molecular flexibility index (Phi) is 4.91. The van der Waals surface area contributed by atoms with Gasteiger partial charge in [-0.05, 0) is 47.9 Å². The third-order valence-electron chi connectivity index (χ3n) is 3.81. The van der Waals surface area contributed by atoms with E-state index in [1.165, 1.54) is 0 Å². The molecule has 0 saturated carbocycles.